The molecular formula is C20H25FN4O3S. The fraction of sp³-hybridized carbons (Fsp3) is 0.400. The Morgan fingerprint density at radius 2 is 1.86 bits per heavy atom. The molecular weight excluding hydrogens is 395 g/mol. The predicted octanol–water partition coefficient (Wildman–Crippen LogP) is 1.62. The van der Waals surface area contributed by atoms with Gasteiger partial charge in [0.25, 0.3) is 0 Å². The van der Waals surface area contributed by atoms with E-state index in [-0.39, 0.29) is 29.6 Å². The summed E-state index contributed by atoms with van der Waals surface area (Å²) in [5, 5.41) is 2.81. The van der Waals surface area contributed by atoms with Crippen molar-refractivity contribution in [1.82, 2.24) is 19.5 Å². The lowest BCUT2D eigenvalue weighted by Gasteiger charge is -2.24. The van der Waals surface area contributed by atoms with E-state index in [9.17, 15) is 17.6 Å². The lowest BCUT2D eigenvalue weighted by atomic mass is 10.2. The molecule has 9 heteroatoms. The van der Waals surface area contributed by atoms with Gasteiger partial charge in [-0.15, -0.1) is 0 Å². The molecule has 156 valence electrons. The number of carbonyl (C=O) groups excluding carboxylic acids is 1. The van der Waals surface area contributed by atoms with Gasteiger partial charge in [0.1, 0.15) is 5.82 Å². The molecule has 1 fully saturated rings. The molecule has 0 spiro atoms. The molecule has 1 amide bonds. The van der Waals surface area contributed by atoms with Gasteiger partial charge in [0.05, 0.1) is 11.1 Å². The molecule has 0 saturated carbocycles. The fourth-order valence-corrected chi connectivity index (χ4v) is 4.78. The number of nitrogens with one attached hydrogen (secondary N) is 1. The van der Waals surface area contributed by atoms with Gasteiger partial charge in [-0.05, 0) is 31.2 Å². The third-order valence-corrected chi connectivity index (χ3v) is 6.76. The Balaban J connectivity index is 1.73. The van der Waals surface area contributed by atoms with Crippen LogP contribution in [0.15, 0.2) is 53.7 Å². The van der Waals surface area contributed by atoms with Crippen molar-refractivity contribution < 1.29 is 17.6 Å². The van der Waals surface area contributed by atoms with Gasteiger partial charge in [-0.25, -0.2) is 12.8 Å². The topological polar surface area (TPSA) is 82.6 Å². The van der Waals surface area contributed by atoms with Crippen molar-refractivity contribution >= 4 is 15.9 Å². The number of aromatic nitrogens is 1. The van der Waals surface area contributed by atoms with Gasteiger partial charge in [-0.3, -0.25) is 14.7 Å². The molecule has 1 aromatic heterocycles. The Hall–Kier alpha value is -2.36. The van der Waals surface area contributed by atoms with Crippen molar-refractivity contribution in [1.29, 1.82) is 0 Å². The number of amides is 1. The first kappa shape index (κ1) is 21.4. The number of rotatable bonds is 4. The molecule has 1 saturated heterocycles. The molecule has 1 aromatic carbocycles. The zero-order valence-corrected chi connectivity index (χ0v) is 16.9. The van der Waals surface area contributed by atoms with E-state index in [2.05, 4.69) is 10.3 Å². The number of halogens is 1. The van der Waals surface area contributed by atoms with E-state index in [0.29, 0.717) is 44.7 Å². The lowest BCUT2D eigenvalue weighted by molar-refractivity contribution is -0.121. The number of nitrogens with zero attached hydrogens (tertiary/aromatic N) is 3. The maximum atomic E-state index is 14.0. The van der Waals surface area contributed by atoms with Gasteiger partial charge < -0.3 is 5.32 Å². The van der Waals surface area contributed by atoms with Crippen LogP contribution in [0.1, 0.15) is 18.4 Å². The summed E-state index contributed by atoms with van der Waals surface area (Å²) in [6, 6.07) is 9.85. The van der Waals surface area contributed by atoms with Crippen LogP contribution in [0.4, 0.5) is 4.39 Å². The summed E-state index contributed by atoms with van der Waals surface area (Å²) >= 11 is 0. The first-order chi connectivity index (χ1) is 14.0. The van der Waals surface area contributed by atoms with Gasteiger partial charge in [-0.1, -0.05) is 18.2 Å². The van der Waals surface area contributed by atoms with Crippen molar-refractivity contribution in [3.05, 3.63) is 60.2 Å². The van der Waals surface area contributed by atoms with E-state index in [4.69, 9.17) is 0 Å². The molecule has 1 aliphatic heterocycles. The van der Waals surface area contributed by atoms with Gasteiger partial charge in [0.2, 0.25) is 15.9 Å². The normalized spacial score (nSPS) is 18.0. The fourth-order valence-electron chi connectivity index (χ4n) is 3.28. The van der Waals surface area contributed by atoms with Gasteiger partial charge in [0.15, 0.2) is 0 Å². The van der Waals surface area contributed by atoms with E-state index >= 15 is 0 Å². The second kappa shape index (κ2) is 9.91. The zero-order chi connectivity index (χ0) is 20.7. The van der Waals surface area contributed by atoms with E-state index in [1.807, 2.05) is 4.90 Å². The Labute approximate surface area is 170 Å². The Bertz CT molecular complexity index is 924. The maximum absolute atomic E-state index is 14.0. The van der Waals surface area contributed by atoms with E-state index in [0.717, 1.165) is 0 Å². The Morgan fingerprint density at radius 3 is 2.62 bits per heavy atom. The average molecular weight is 421 g/mol. The monoisotopic (exact) mass is 420 g/mol. The van der Waals surface area contributed by atoms with Crippen LogP contribution >= 0.6 is 0 Å². The Kier molecular flexibility index (Phi) is 7.29. The first-order valence-corrected chi connectivity index (χ1v) is 11.0. The highest BCUT2D eigenvalue weighted by molar-refractivity contribution is 7.89. The predicted molar refractivity (Wildman–Crippen MR) is 107 cm³/mol. The van der Waals surface area contributed by atoms with Crippen molar-refractivity contribution in [2.45, 2.75) is 24.3 Å². The third kappa shape index (κ3) is 5.81. The summed E-state index contributed by atoms with van der Waals surface area (Å²) in [6.45, 7) is 2.35. The van der Waals surface area contributed by atoms with Crippen LogP contribution in [0.25, 0.3) is 0 Å². The number of sulfonamides is 1. The number of pyridine rings is 1. The summed E-state index contributed by atoms with van der Waals surface area (Å²) in [4.78, 5) is 18.1. The summed E-state index contributed by atoms with van der Waals surface area (Å²) in [7, 11) is -3.68. The first-order valence-electron chi connectivity index (χ1n) is 9.59. The highest BCUT2D eigenvalue weighted by atomic mass is 32.2. The van der Waals surface area contributed by atoms with E-state index < -0.39 is 10.0 Å². The SMILES string of the molecule is O=C1CCN(S(=O)(=O)c2ccccc2)CCCN(Cc2ccncc2F)CCN1. The van der Waals surface area contributed by atoms with E-state index in [1.54, 1.807) is 42.6 Å². The molecule has 3 rings (SSSR count). The average Bonchev–Trinajstić information content (AvgIpc) is 2.75. The highest BCUT2D eigenvalue weighted by Crippen LogP contribution is 2.17. The smallest absolute Gasteiger partial charge is 0.243 e. The minimum atomic E-state index is -3.68. The van der Waals surface area contributed by atoms with Gasteiger partial charge in [-0.2, -0.15) is 4.31 Å². The number of carbonyl (C=O) groups is 1. The van der Waals surface area contributed by atoms with Crippen molar-refractivity contribution in [2.24, 2.45) is 0 Å². The Morgan fingerprint density at radius 1 is 1.07 bits per heavy atom. The van der Waals surface area contributed by atoms with E-state index in [1.165, 1.54) is 10.5 Å². The molecule has 0 aliphatic carbocycles. The highest BCUT2D eigenvalue weighted by Gasteiger charge is 2.25. The second-order valence-electron chi connectivity index (χ2n) is 6.91. The largest absolute Gasteiger partial charge is 0.355 e. The minimum Gasteiger partial charge on any atom is -0.355 e. The second-order valence-corrected chi connectivity index (χ2v) is 8.85. The van der Waals surface area contributed by atoms with Gasteiger partial charge in [0, 0.05) is 50.9 Å². The molecule has 0 radical (unpaired) electrons. The van der Waals surface area contributed by atoms with Crippen molar-refractivity contribution in [3.8, 4) is 0 Å². The molecule has 7 nitrogen and oxygen atoms in total. The summed E-state index contributed by atoms with van der Waals surface area (Å²) in [6.07, 6.45) is 3.40. The maximum Gasteiger partial charge on any atom is 0.243 e. The van der Waals surface area contributed by atoms with Crippen LogP contribution in [0.2, 0.25) is 0 Å². The van der Waals surface area contributed by atoms with Gasteiger partial charge >= 0.3 is 0 Å². The minimum absolute atomic E-state index is 0.102. The van der Waals surface area contributed by atoms with Crippen molar-refractivity contribution in [3.63, 3.8) is 0 Å². The number of hydrogen-bond donors (Lipinski definition) is 1. The number of benzene rings is 1. The molecule has 0 unspecified atom stereocenters. The van der Waals surface area contributed by atoms with Crippen LogP contribution in [0.3, 0.4) is 0 Å². The standard InChI is InChI=1S/C20H25FN4O3S/c21-19-15-22-9-7-17(19)16-24-11-4-12-25(13-8-20(26)23-10-14-24)29(27,28)18-5-2-1-3-6-18/h1-3,5-7,9,15H,4,8,10-14,16H2,(H,23,26). The number of hydrogen-bond acceptors (Lipinski definition) is 5. The zero-order valence-electron chi connectivity index (χ0n) is 16.1. The van der Waals surface area contributed by atoms with Crippen LogP contribution in [-0.2, 0) is 21.4 Å². The lowest BCUT2D eigenvalue weighted by Crippen LogP contribution is -2.36. The van der Waals surface area contributed by atoms with Crippen LogP contribution in [0.5, 0.6) is 0 Å². The molecule has 0 bridgehead atoms. The molecule has 1 aliphatic rings. The molecule has 2 aromatic rings. The molecule has 2 heterocycles. The quantitative estimate of drug-likeness (QED) is 0.813. The summed E-state index contributed by atoms with van der Waals surface area (Å²) in [5.74, 6) is -0.575. The third-order valence-electron chi connectivity index (χ3n) is 4.85. The molecule has 0 atom stereocenters. The van der Waals surface area contributed by atoms with Crippen LogP contribution in [-0.4, -0.2) is 61.2 Å². The van der Waals surface area contributed by atoms with Crippen LogP contribution < -0.4 is 5.32 Å². The van der Waals surface area contributed by atoms with Crippen molar-refractivity contribution in [2.75, 3.05) is 32.7 Å². The van der Waals surface area contributed by atoms with Crippen LogP contribution in [0, 0.1) is 5.82 Å². The summed E-state index contributed by atoms with van der Waals surface area (Å²) in [5.41, 5.74) is 0.523. The summed E-state index contributed by atoms with van der Waals surface area (Å²) < 4.78 is 41.3. The molecule has 1 N–H and O–H groups in total. The molecule has 29 heavy (non-hydrogen) atoms.